The van der Waals surface area contributed by atoms with Crippen LogP contribution >= 0.6 is 11.6 Å². The number of amides is 1. The van der Waals surface area contributed by atoms with Crippen LogP contribution in [0.3, 0.4) is 0 Å². The molecule has 0 bridgehead atoms. The van der Waals surface area contributed by atoms with E-state index in [-0.39, 0.29) is 10.7 Å². The Hall–Kier alpha value is -2.90. The first-order valence-corrected chi connectivity index (χ1v) is 11.0. The van der Waals surface area contributed by atoms with Gasteiger partial charge in [0.1, 0.15) is 12.4 Å². The number of halogens is 2. The lowest BCUT2D eigenvalue weighted by Crippen LogP contribution is -2.41. The summed E-state index contributed by atoms with van der Waals surface area (Å²) in [5.74, 6) is -0.874. The first kappa shape index (κ1) is 21.8. The van der Waals surface area contributed by atoms with Gasteiger partial charge in [-0.25, -0.2) is 12.8 Å². The average Bonchev–Trinajstić information content (AvgIpc) is 2.74. The second-order valence-corrected chi connectivity index (χ2v) is 8.94. The molecule has 8 heteroatoms. The van der Waals surface area contributed by atoms with Crippen LogP contribution in [0.1, 0.15) is 18.5 Å². The zero-order valence-corrected chi connectivity index (χ0v) is 17.7. The van der Waals surface area contributed by atoms with Crippen molar-refractivity contribution in [2.75, 3.05) is 10.8 Å². The second-order valence-electron chi connectivity index (χ2n) is 6.64. The maximum atomic E-state index is 13.2. The number of carbonyl (C=O) groups excluding carboxylic acids is 1. The van der Waals surface area contributed by atoms with E-state index in [1.165, 1.54) is 24.3 Å². The van der Waals surface area contributed by atoms with E-state index in [0.29, 0.717) is 16.3 Å². The van der Waals surface area contributed by atoms with Gasteiger partial charge in [-0.3, -0.25) is 9.10 Å². The van der Waals surface area contributed by atoms with Crippen LogP contribution in [-0.4, -0.2) is 20.9 Å². The predicted molar refractivity (Wildman–Crippen MR) is 115 cm³/mol. The third kappa shape index (κ3) is 5.17. The van der Waals surface area contributed by atoms with Crippen molar-refractivity contribution in [2.24, 2.45) is 0 Å². The Morgan fingerprint density at radius 1 is 1.00 bits per heavy atom. The SMILES string of the molecule is C[C@H](NC(=O)CN(c1ccc(Cl)cc1)S(=O)(=O)c1ccccc1)c1ccc(F)cc1. The summed E-state index contributed by atoms with van der Waals surface area (Å²) < 4.78 is 40.6. The van der Waals surface area contributed by atoms with Crippen molar-refractivity contribution in [1.29, 1.82) is 0 Å². The Labute approximate surface area is 180 Å². The van der Waals surface area contributed by atoms with Crippen LogP contribution in [0.4, 0.5) is 10.1 Å². The molecule has 0 unspecified atom stereocenters. The Morgan fingerprint density at radius 2 is 1.60 bits per heavy atom. The highest BCUT2D eigenvalue weighted by Crippen LogP contribution is 2.25. The summed E-state index contributed by atoms with van der Waals surface area (Å²) in [4.78, 5) is 12.8. The van der Waals surface area contributed by atoms with Crippen molar-refractivity contribution >= 4 is 33.2 Å². The monoisotopic (exact) mass is 446 g/mol. The third-order valence-electron chi connectivity index (χ3n) is 4.48. The van der Waals surface area contributed by atoms with Gasteiger partial charge in [0.25, 0.3) is 10.0 Å². The van der Waals surface area contributed by atoms with E-state index >= 15 is 0 Å². The van der Waals surface area contributed by atoms with Gasteiger partial charge in [0.2, 0.25) is 5.91 Å². The van der Waals surface area contributed by atoms with Crippen LogP contribution < -0.4 is 9.62 Å². The fourth-order valence-electron chi connectivity index (χ4n) is 2.89. The van der Waals surface area contributed by atoms with E-state index in [9.17, 15) is 17.6 Å². The molecule has 1 atom stereocenters. The third-order valence-corrected chi connectivity index (χ3v) is 6.52. The minimum atomic E-state index is -3.99. The van der Waals surface area contributed by atoms with Gasteiger partial charge in [-0.05, 0) is 61.0 Å². The molecule has 0 fully saturated rings. The van der Waals surface area contributed by atoms with Crippen molar-refractivity contribution in [3.05, 3.63) is 95.3 Å². The summed E-state index contributed by atoms with van der Waals surface area (Å²) >= 11 is 5.93. The van der Waals surface area contributed by atoms with Crippen LogP contribution in [0.15, 0.2) is 83.8 Å². The van der Waals surface area contributed by atoms with E-state index < -0.39 is 28.5 Å². The first-order valence-electron chi connectivity index (χ1n) is 9.15. The lowest BCUT2D eigenvalue weighted by atomic mass is 10.1. The number of anilines is 1. The van der Waals surface area contributed by atoms with E-state index in [1.54, 1.807) is 61.5 Å². The van der Waals surface area contributed by atoms with Gasteiger partial charge >= 0.3 is 0 Å². The number of benzene rings is 3. The Morgan fingerprint density at radius 3 is 2.20 bits per heavy atom. The van der Waals surface area contributed by atoms with Gasteiger partial charge in [-0.15, -0.1) is 0 Å². The molecular formula is C22H20ClFN2O3S. The molecule has 0 saturated carbocycles. The summed E-state index contributed by atoms with van der Waals surface area (Å²) in [6, 6.07) is 19.4. The van der Waals surface area contributed by atoms with E-state index in [1.807, 2.05) is 0 Å². The zero-order chi connectivity index (χ0) is 21.7. The molecule has 0 spiro atoms. The topological polar surface area (TPSA) is 66.5 Å². The van der Waals surface area contributed by atoms with Crippen molar-refractivity contribution in [1.82, 2.24) is 5.32 Å². The Kier molecular flexibility index (Phi) is 6.74. The first-order chi connectivity index (χ1) is 14.3. The highest BCUT2D eigenvalue weighted by molar-refractivity contribution is 7.92. The molecule has 1 amide bonds. The van der Waals surface area contributed by atoms with Crippen molar-refractivity contribution in [3.8, 4) is 0 Å². The number of nitrogens with one attached hydrogen (secondary N) is 1. The normalized spacial score (nSPS) is 12.2. The van der Waals surface area contributed by atoms with Gasteiger partial charge in [-0.2, -0.15) is 0 Å². The molecule has 156 valence electrons. The molecule has 0 aliphatic heterocycles. The number of rotatable bonds is 7. The number of sulfonamides is 1. The number of nitrogens with zero attached hydrogens (tertiary/aromatic N) is 1. The van der Waals surface area contributed by atoms with Crippen LogP contribution in [-0.2, 0) is 14.8 Å². The fraction of sp³-hybridized carbons (Fsp3) is 0.136. The molecule has 1 N–H and O–H groups in total. The average molecular weight is 447 g/mol. The molecule has 30 heavy (non-hydrogen) atoms. The van der Waals surface area contributed by atoms with E-state index in [0.717, 1.165) is 4.31 Å². The van der Waals surface area contributed by atoms with Crippen LogP contribution in [0, 0.1) is 5.82 Å². The van der Waals surface area contributed by atoms with Crippen molar-refractivity contribution in [2.45, 2.75) is 17.9 Å². The molecule has 0 saturated heterocycles. The smallest absolute Gasteiger partial charge is 0.264 e. The number of hydrogen-bond acceptors (Lipinski definition) is 3. The van der Waals surface area contributed by atoms with Crippen molar-refractivity contribution < 1.29 is 17.6 Å². The molecule has 0 aliphatic carbocycles. The maximum absolute atomic E-state index is 13.2. The summed E-state index contributed by atoms with van der Waals surface area (Å²) in [6.07, 6.45) is 0. The predicted octanol–water partition coefficient (Wildman–Crippen LogP) is 4.55. The highest BCUT2D eigenvalue weighted by Gasteiger charge is 2.27. The quantitative estimate of drug-likeness (QED) is 0.579. The van der Waals surface area contributed by atoms with E-state index in [2.05, 4.69) is 5.32 Å². The molecule has 5 nitrogen and oxygen atoms in total. The highest BCUT2D eigenvalue weighted by atomic mass is 35.5. The molecule has 3 rings (SSSR count). The van der Waals surface area contributed by atoms with Gasteiger partial charge < -0.3 is 5.32 Å². The fourth-order valence-corrected chi connectivity index (χ4v) is 4.46. The summed E-state index contributed by atoms with van der Waals surface area (Å²) in [6.45, 7) is 1.31. The largest absolute Gasteiger partial charge is 0.348 e. The Bertz CT molecular complexity index is 1110. The summed E-state index contributed by atoms with van der Waals surface area (Å²) in [5, 5.41) is 3.21. The minimum Gasteiger partial charge on any atom is -0.348 e. The molecular weight excluding hydrogens is 427 g/mol. The van der Waals surface area contributed by atoms with Gasteiger partial charge in [-0.1, -0.05) is 41.9 Å². The van der Waals surface area contributed by atoms with Gasteiger partial charge in [0, 0.05) is 5.02 Å². The number of carbonyl (C=O) groups is 1. The Balaban J connectivity index is 1.86. The van der Waals surface area contributed by atoms with Gasteiger partial charge in [0.05, 0.1) is 16.6 Å². The van der Waals surface area contributed by atoms with Crippen LogP contribution in [0.25, 0.3) is 0 Å². The molecule has 3 aromatic rings. The summed E-state index contributed by atoms with van der Waals surface area (Å²) in [7, 11) is -3.99. The van der Waals surface area contributed by atoms with Crippen LogP contribution in [0.5, 0.6) is 0 Å². The van der Waals surface area contributed by atoms with E-state index in [4.69, 9.17) is 11.6 Å². The zero-order valence-electron chi connectivity index (χ0n) is 16.1. The second kappa shape index (κ2) is 9.28. The number of hydrogen-bond donors (Lipinski definition) is 1. The lowest BCUT2D eigenvalue weighted by molar-refractivity contribution is -0.120. The molecule has 3 aromatic carbocycles. The molecule has 0 aromatic heterocycles. The molecule has 0 heterocycles. The van der Waals surface area contributed by atoms with Gasteiger partial charge in [0.15, 0.2) is 0 Å². The minimum absolute atomic E-state index is 0.0688. The van der Waals surface area contributed by atoms with Crippen LogP contribution in [0.2, 0.25) is 5.02 Å². The summed E-state index contributed by atoms with van der Waals surface area (Å²) in [5.41, 5.74) is 1.02. The lowest BCUT2D eigenvalue weighted by Gasteiger charge is -2.25. The van der Waals surface area contributed by atoms with Crippen molar-refractivity contribution in [3.63, 3.8) is 0 Å². The maximum Gasteiger partial charge on any atom is 0.264 e. The standard InChI is InChI=1S/C22H20ClFN2O3S/c1-16(17-7-11-19(24)12-8-17)25-22(27)15-26(20-13-9-18(23)10-14-20)30(28,29)21-5-3-2-4-6-21/h2-14,16H,15H2,1H3,(H,25,27)/t16-/m0/s1. The molecule has 0 radical (unpaired) electrons. The molecule has 0 aliphatic rings.